The first-order valence-corrected chi connectivity index (χ1v) is 6.92. The highest BCUT2D eigenvalue weighted by Gasteiger charge is 2.12. The average molecular weight is 243 g/mol. The van der Waals surface area contributed by atoms with Crippen molar-refractivity contribution in [3.8, 4) is 12.3 Å². The molecule has 0 aliphatic carbocycles. The first kappa shape index (κ1) is 12.6. The Labute approximate surface area is 95.7 Å². The molecule has 15 heavy (non-hydrogen) atoms. The molecule has 0 N–H and O–H groups in total. The lowest BCUT2D eigenvalue weighted by atomic mass is 10.6. The van der Waals surface area contributed by atoms with Crippen LogP contribution in [-0.2, 0) is 15.2 Å². The summed E-state index contributed by atoms with van der Waals surface area (Å²) in [5.41, 5.74) is 0. The lowest BCUT2D eigenvalue weighted by molar-refractivity contribution is 0.269. The fraction of sp³-hybridized carbons (Fsp3) is 0.500. The van der Waals surface area contributed by atoms with E-state index in [0.717, 1.165) is 11.0 Å². The second kappa shape index (κ2) is 6.92. The van der Waals surface area contributed by atoms with E-state index in [1.165, 1.54) is 11.3 Å². The molecular formula is C10H14NO2PS. The van der Waals surface area contributed by atoms with Gasteiger partial charge < -0.3 is 9.05 Å². The molecule has 0 fully saturated rings. The second-order valence-corrected chi connectivity index (χ2v) is 5.22. The molecule has 0 unspecified atom stereocenters. The van der Waals surface area contributed by atoms with Crippen molar-refractivity contribution >= 4 is 19.7 Å². The van der Waals surface area contributed by atoms with Gasteiger partial charge in [0.05, 0.1) is 19.4 Å². The van der Waals surface area contributed by atoms with Crippen LogP contribution in [0.1, 0.15) is 23.7 Å². The summed E-state index contributed by atoms with van der Waals surface area (Å²) in [5.74, 6) is 2.52. The van der Waals surface area contributed by atoms with Crippen molar-refractivity contribution in [3.05, 3.63) is 16.1 Å². The summed E-state index contributed by atoms with van der Waals surface area (Å²) in [6.45, 7) is 5.28. The largest absolute Gasteiger partial charge is 0.334 e. The predicted octanol–water partition coefficient (Wildman–Crippen LogP) is 3.01. The van der Waals surface area contributed by atoms with E-state index in [-0.39, 0.29) is 0 Å². The highest BCUT2D eigenvalue weighted by molar-refractivity contribution is 7.46. The van der Waals surface area contributed by atoms with Crippen molar-refractivity contribution in [1.29, 1.82) is 0 Å². The van der Waals surface area contributed by atoms with Gasteiger partial charge in [0.15, 0.2) is 13.4 Å². The van der Waals surface area contributed by atoms with Crippen LogP contribution in [0, 0.1) is 12.3 Å². The van der Waals surface area contributed by atoms with Gasteiger partial charge in [-0.1, -0.05) is 0 Å². The number of hydrogen-bond acceptors (Lipinski definition) is 4. The highest BCUT2D eigenvalue weighted by atomic mass is 32.1. The predicted molar refractivity (Wildman–Crippen MR) is 63.9 cm³/mol. The van der Waals surface area contributed by atoms with Crippen LogP contribution in [0.15, 0.2) is 6.20 Å². The highest BCUT2D eigenvalue weighted by Crippen LogP contribution is 2.42. The van der Waals surface area contributed by atoms with E-state index in [1.807, 2.05) is 13.8 Å². The molecule has 1 aromatic heterocycles. The zero-order valence-corrected chi connectivity index (χ0v) is 10.6. The number of thiazole rings is 1. The van der Waals surface area contributed by atoms with Crippen molar-refractivity contribution in [2.75, 3.05) is 13.2 Å². The fourth-order valence-corrected chi connectivity index (χ4v) is 3.25. The van der Waals surface area contributed by atoms with Crippen molar-refractivity contribution < 1.29 is 9.05 Å². The topological polar surface area (TPSA) is 31.4 Å². The van der Waals surface area contributed by atoms with Gasteiger partial charge in [0, 0.05) is 11.1 Å². The van der Waals surface area contributed by atoms with Gasteiger partial charge in [-0.05, 0) is 19.8 Å². The minimum absolute atomic E-state index is 0.673. The molecule has 0 saturated carbocycles. The minimum atomic E-state index is -0.827. The molecule has 82 valence electrons. The Hall–Kier alpha value is -0.460. The van der Waals surface area contributed by atoms with Gasteiger partial charge in [-0.3, -0.25) is 0 Å². The van der Waals surface area contributed by atoms with Crippen LogP contribution in [-0.4, -0.2) is 18.2 Å². The Morgan fingerprint density at radius 2 is 2.13 bits per heavy atom. The van der Waals surface area contributed by atoms with E-state index < -0.39 is 8.38 Å². The Morgan fingerprint density at radius 3 is 2.60 bits per heavy atom. The van der Waals surface area contributed by atoms with Crippen LogP contribution in [0.5, 0.6) is 0 Å². The van der Waals surface area contributed by atoms with Gasteiger partial charge in [0.2, 0.25) is 0 Å². The first-order chi connectivity index (χ1) is 7.30. The third-order valence-corrected chi connectivity index (χ3v) is 4.34. The zero-order valence-electron chi connectivity index (χ0n) is 8.90. The molecule has 0 aromatic carbocycles. The van der Waals surface area contributed by atoms with E-state index in [2.05, 4.69) is 10.9 Å². The third kappa shape index (κ3) is 4.27. The summed E-state index contributed by atoms with van der Waals surface area (Å²) in [7, 11) is -0.827. The van der Waals surface area contributed by atoms with E-state index >= 15 is 0 Å². The summed E-state index contributed by atoms with van der Waals surface area (Å²) < 4.78 is 11.0. The summed E-state index contributed by atoms with van der Waals surface area (Å²) in [6.07, 6.45) is 7.83. The molecule has 0 aliphatic heterocycles. The van der Waals surface area contributed by atoms with Gasteiger partial charge in [-0.25, -0.2) is 4.98 Å². The fourth-order valence-electron chi connectivity index (χ4n) is 0.991. The summed E-state index contributed by atoms with van der Waals surface area (Å²) >= 11 is 1.52. The van der Waals surface area contributed by atoms with Gasteiger partial charge in [0.25, 0.3) is 0 Å². The normalized spacial score (nSPS) is 10.5. The van der Waals surface area contributed by atoms with Crippen molar-refractivity contribution in [1.82, 2.24) is 4.98 Å². The molecule has 5 heteroatoms. The maximum absolute atomic E-state index is 5.50. The second-order valence-electron chi connectivity index (χ2n) is 2.60. The molecule has 1 aromatic rings. The maximum atomic E-state index is 5.50. The number of rotatable bonds is 6. The lowest BCUT2D eigenvalue weighted by Crippen LogP contribution is -1.92. The van der Waals surface area contributed by atoms with Gasteiger partial charge in [0.1, 0.15) is 0 Å². The Bertz CT molecular complexity index is 328. The molecule has 1 heterocycles. The van der Waals surface area contributed by atoms with E-state index in [4.69, 9.17) is 15.5 Å². The molecule has 0 spiro atoms. The molecular weight excluding hydrogens is 229 g/mol. The third-order valence-electron chi connectivity index (χ3n) is 1.51. The van der Waals surface area contributed by atoms with E-state index in [1.54, 1.807) is 6.20 Å². The quantitative estimate of drug-likeness (QED) is 0.568. The monoisotopic (exact) mass is 243 g/mol. The summed E-state index contributed by atoms with van der Waals surface area (Å²) in [4.78, 5) is 5.21. The molecule has 3 nitrogen and oxygen atoms in total. The number of hydrogen-bond donors (Lipinski definition) is 0. The number of terminal acetylenes is 1. The zero-order chi connectivity index (χ0) is 11.1. The van der Waals surface area contributed by atoms with Crippen molar-refractivity contribution in [2.45, 2.75) is 20.0 Å². The molecule has 0 aliphatic rings. The van der Waals surface area contributed by atoms with Gasteiger partial charge in [-0.2, -0.15) is 0 Å². The molecule has 0 bridgehead atoms. The smallest absolute Gasteiger partial charge is 0.176 e. The average Bonchev–Trinajstić information content (AvgIpc) is 2.66. The van der Waals surface area contributed by atoms with Gasteiger partial charge in [-0.15, -0.1) is 17.8 Å². The SMILES string of the molecule is C#Cc1ncc(CP(OCC)OCC)s1. The van der Waals surface area contributed by atoms with E-state index in [9.17, 15) is 0 Å². The summed E-state index contributed by atoms with van der Waals surface area (Å²) in [6, 6.07) is 0. The molecule has 0 radical (unpaired) electrons. The first-order valence-electron chi connectivity index (χ1n) is 4.74. The molecule has 0 saturated heterocycles. The Morgan fingerprint density at radius 1 is 1.47 bits per heavy atom. The Kier molecular flexibility index (Phi) is 5.82. The van der Waals surface area contributed by atoms with Crippen LogP contribution in [0.25, 0.3) is 0 Å². The standard InChI is InChI=1S/C10H14NO2PS/c1-4-10-11-7-9(15-10)8-14(12-5-2)13-6-3/h1,7H,5-6,8H2,2-3H3. The van der Waals surface area contributed by atoms with Crippen LogP contribution in [0.2, 0.25) is 0 Å². The van der Waals surface area contributed by atoms with Crippen LogP contribution >= 0.6 is 19.7 Å². The molecule has 0 amide bonds. The van der Waals surface area contributed by atoms with Gasteiger partial charge >= 0.3 is 0 Å². The Balaban J connectivity index is 2.53. The number of nitrogens with zero attached hydrogens (tertiary/aromatic N) is 1. The lowest BCUT2D eigenvalue weighted by Gasteiger charge is -2.13. The van der Waals surface area contributed by atoms with Crippen LogP contribution < -0.4 is 0 Å². The molecule has 0 atom stereocenters. The number of aromatic nitrogens is 1. The van der Waals surface area contributed by atoms with Crippen molar-refractivity contribution in [3.63, 3.8) is 0 Å². The van der Waals surface area contributed by atoms with Crippen LogP contribution in [0.4, 0.5) is 0 Å². The maximum Gasteiger partial charge on any atom is 0.176 e. The van der Waals surface area contributed by atoms with E-state index in [0.29, 0.717) is 18.2 Å². The van der Waals surface area contributed by atoms with Crippen molar-refractivity contribution in [2.24, 2.45) is 0 Å². The molecule has 1 rings (SSSR count). The minimum Gasteiger partial charge on any atom is -0.334 e. The van der Waals surface area contributed by atoms with Crippen LogP contribution in [0.3, 0.4) is 0 Å². The summed E-state index contributed by atoms with van der Waals surface area (Å²) in [5, 5.41) is 0.716.